The molecular weight excluding hydrogens is 332 g/mol. The van der Waals surface area contributed by atoms with E-state index in [1.165, 1.54) is 5.56 Å². The summed E-state index contributed by atoms with van der Waals surface area (Å²) in [5.74, 6) is 0.559. The number of benzene rings is 1. The summed E-state index contributed by atoms with van der Waals surface area (Å²) >= 11 is 0. The van der Waals surface area contributed by atoms with Gasteiger partial charge in [0.15, 0.2) is 5.79 Å². The van der Waals surface area contributed by atoms with E-state index in [0.717, 1.165) is 31.4 Å². The Morgan fingerprint density at radius 2 is 1.88 bits per heavy atom. The molecule has 0 bridgehead atoms. The number of hydrogen-bond donors (Lipinski definition) is 1. The van der Waals surface area contributed by atoms with Crippen LogP contribution in [0.3, 0.4) is 0 Å². The number of nitrogens with one attached hydrogen (secondary N) is 1. The van der Waals surface area contributed by atoms with E-state index in [1.54, 1.807) is 0 Å². The van der Waals surface area contributed by atoms with Gasteiger partial charge in [0.2, 0.25) is 5.91 Å². The molecule has 6 nitrogen and oxygen atoms in total. The van der Waals surface area contributed by atoms with Gasteiger partial charge in [-0.2, -0.15) is 0 Å². The monoisotopic (exact) mass is 362 g/mol. The third kappa shape index (κ3) is 5.43. The van der Waals surface area contributed by atoms with Gasteiger partial charge in [-0.15, -0.1) is 0 Å². The fourth-order valence-corrected chi connectivity index (χ4v) is 3.54. The number of ether oxygens (including phenoxy) is 3. The van der Waals surface area contributed by atoms with Crippen LogP contribution in [0.2, 0.25) is 0 Å². The Bertz CT molecular complexity index is 574. The molecule has 1 saturated carbocycles. The number of likely N-dealkylation sites (N-methyl/N-ethyl adjacent to an activating group) is 1. The molecule has 1 N–H and O–H groups in total. The first-order valence-corrected chi connectivity index (χ1v) is 9.50. The van der Waals surface area contributed by atoms with E-state index in [-0.39, 0.29) is 17.7 Å². The second-order valence-electron chi connectivity index (χ2n) is 7.35. The van der Waals surface area contributed by atoms with E-state index in [4.69, 9.17) is 14.2 Å². The lowest BCUT2D eigenvalue weighted by Crippen LogP contribution is -2.46. The molecule has 1 spiro atoms. The normalized spacial score (nSPS) is 19.8. The third-order valence-electron chi connectivity index (χ3n) is 5.10. The van der Waals surface area contributed by atoms with Crippen molar-refractivity contribution in [1.82, 2.24) is 10.2 Å². The van der Waals surface area contributed by atoms with Crippen molar-refractivity contribution in [3.63, 3.8) is 0 Å². The van der Waals surface area contributed by atoms with E-state index >= 15 is 0 Å². The van der Waals surface area contributed by atoms with Crippen LogP contribution in [0.4, 0.5) is 0 Å². The molecule has 0 radical (unpaired) electrons. The van der Waals surface area contributed by atoms with Gasteiger partial charge in [-0.05, 0) is 38.9 Å². The largest absolute Gasteiger partial charge is 0.492 e. The van der Waals surface area contributed by atoms with Crippen molar-refractivity contribution >= 4 is 5.91 Å². The van der Waals surface area contributed by atoms with Crippen molar-refractivity contribution in [3.05, 3.63) is 29.8 Å². The summed E-state index contributed by atoms with van der Waals surface area (Å²) in [6.45, 7) is 5.07. The Balaban J connectivity index is 1.31. The van der Waals surface area contributed by atoms with E-state index in [9.17, 15) is 4.79 Å². The van der Waals surface area contributed by atoms with Gasteiger partial charge in [0.25, 0.3) is 0 Å². The first-order chi connectivity index (χ1) is 12.5. The van der Waals surface area contributed by atoms with Crippen molar-refractivity contribution in [3.8, 4) is 5.75 Å². The molecular formula is C20H30N2O4. The van der Waals surface area contributed by atoms with Gasteiger partial charge in [-0.1, -0.05) is 17.7 Å². The van der Waals surface area contributed by atoms with Crippen molar-refractivity contribution in [2.45, 2.75) is 44.4 Å². The molecule has 144 valence electrons. The first kappa shape index (κ1) is 19.1. The summed E-state index contributed by atoms with van der Waals surface area (Å²) < 4.78 is 17.2. The molecule has 2 aliphatic rings. The number of rotatable bonds is 7. The maximum Gasteiger partial charge on any atom is 0.234 e. The lowest BCUT2D eigenvalue weighted by molar-refractivity contribution is -0.180. The molecule has 0 aromatic heterocycles. The maximum absolute atomic E-state index is 12.2. The van der Waals surface area contributed by atoms with Crippen molar-refractivity contribution in [2.24, 2.45) is 0 Å². The Morgan fingerprint density at radius 1 is 1.23 bits per heavy atom. The van der Waals surface area contributed by atoms with Gasteiger partial charge in [0.05, 0.1) is 19.8 Å². The van der Waals surface area contributed by atoms with Crippen LogP contribution in [0.5, 0.6) is 5.75 Å². The van der Waals surface area contributed by atoms with E-state index in [0.29, 0.717) is 32.9 Å². The smallest absolute Gasteiger partial charge is 0.234 e. The van der Waals surface area contributed by atoms with Gasteiger partial charge in [-0.3, -0.25) is 9.69 Å². The number of carbonyl (C=O) groups is 1. The third-order valence-corrected chi connectivity index (χ3v) is 5.10. The van der Waals surface area contributed by atoms with Crippen LogP contribution in [-0.4, -0.2) is 62.6 Å². The topological polar surface area (TPSA) is 60.0 Å². The molecule has 26 heavy (non-hydrogen) atoms. The number of aryl methyl sites for hydroxylation is 1. The molecule has 1 heterocycles. The summed E-state index contributed by atoms with van der Waals surface area (Å²) in [4.78, 5) is 14.2. The van der Waals surface area contributed by atoms with Crippen LogP contribution in [0, 0.1) is 6.92 Å². The highest BCUT2D eigenvalue weighted by Crippen LogP contribution is 2.35. The molecule has 0 unspecified atom stereocenters. The summed E-state index contributed by atoms with van der Waals surface area (Å²) in [5, 5.41) is 3.14. The highest BCUT2D eigenvalue weighted by Gasteiger charge is 2.40. The van der Waals surface area contributed by atoms with Crippen molar-refractivity contribution in [2.75, 3.05) is 40.0 Å². The molecule has 1 aromatic rings. The average Bonchev–Trinajstić information content (AvgIpc) is 3.07. The Labute approximate surface area is 155 Å². The highest BCUT2D eigenvalue weighted by atomic mass is 16.7. The molecule has 1 aromatic carbocycles. The minimum Gasteiger partial charge on any atom is -0.492 e. The standard InChI is InChI=1S/C20H30N2O4/c1-16-3-5-18(6-4-16)24-12-11-22(2)15-19(23)21-17-7-9-20(10-8-17)25-13-14-26-20/h3-6,17H,7-15H2,1-2H3,(H,21,23). The molecule has 2 fully saturated rings. The molecule has 6 heteroatoms. The number of carbonyl (C=O) groups excluding carboxylic acids is 1. The predicted octanol–water partition coefficient (Wildman–Crippen LogP) is 2.11. The van der Waals surface area contributed by atoms with Crippen LogP contribution >= 0.6 is 0 Å². The summed E-state index contributed by atoms with van der Waals surface area (Å²) in [6, 6.07) is 8.22. The van der Waals surface area contributed by atoms with Crippen LogP contribution < -0.4 is 10.1 Å². The fraction of sp³-hybridized carbons (Fsp3) is 0.650. The molecule has 1 saturated heterocycles. The summed E-state index contributed by atoms with van der Waals surface area (Å²) in [6.07, 6.45) is 3.54. The van der Waals surface area contributed by atoms with Crippen molar-refractivity contribution in [1.29, 1.82) is 0 Å². The Kier molecular flexibility index (Phi) is 6.51. The lowest BCUT2D eigenvalue weighted by atomic mass is 9.90. The zero-order chi connectivity index (χ0) is 18.4. The average molecular weight is 362 g/mol. The predicted molar refractivity (Wildman–Crippen MR) is 99.2 cm³/mol. The van der Waals surface area contributed by atoms with Gasteiger partial charge in [0, 0.05) is 25.4 Å². The minimum atomic E-state index is -0.370. The van der Waals surface area contributed by atoms with E-state index in [1.807, 2.05) is 36.2 Å². The zero-order valence-electron chi connectivity index (χ0n) is 15.8. The van der Waals surface area contributed by atoms with Gasteiger partial charge in [0.1, 0.15) is 12.4 Å². The van der Waals surface area contributed by atoms with Gasteiger partial charge in [-0.25, -0.2) is 0 Å². The van der Waals surface area contributed by atoms with E-state index < -0.39 is 0 Å². The van der Waals surface area contributed by atoms with Crippen LogP contribution in [0.15, 0.2) is 24.3 Å². The first-order valence-electron chi connectivity index (χ1n) is 9.50. The lowest BCUT2D eigenvalue weighted by Gasteiger charge is -2.35. The SMILES string of the molecule is Cc1ccc(OCCN(C)CC(=O)NC2CCC3(CC2)OCCO3)cc1. The molecule has 3 rings (SSSR count). The fourth-order valence-electron chi connectivity index (χ4n) is 3.54. The number of hydrogen-bond acceptors (Lipinski definition) is 5. The number of amides is 1. The second-order valence-corrected chi connectivity index (χ2v) is 7.35. The zero-order valence-corrected chi connectivity index (χ0v) is 15.8. The molecule has 0 atom stereocenters. The summed E-state index contributed by atoms with van der Waals surface area (Å²) in [5.41, 5.74) is 1.21. The highest BCUT2D eigenvalue weighted by molar-refractivity contribution is 5.78. The molecule has 1 aliphatic carbocycles. The second kappa shape index (κ2) is 8.84. The minimum absolute atomic E-state index is 0.0667. The summed E-state index contributed by atoms with van der Waals surface area (Å²) in [7, 11) is 1.94. The Morgan fingerprint density at radius 3 is 2.54 bits per heavy atom. The molecule has 1 amide bonds. The molecule has 1 aliphatic heterocycles. The van der Waals surface area contributed by atoms with E-state index in [2.05, 4.69) is 12.2 Å². The number of nitrogens with zero attached hydrogens (tertiary/aromatic N) is 1. The maximum atomic E-state index is 12.2. The quantitative estimate of drug-likeness (QED) is 0.805. The Hall–Kier alpha value is -1.63. The van der Waals surface area contributed by atoms with Crippen LogP contribution in [0.25, 0.3) is 0 Å². The van der Waals surface area contributed by atoms with Crippen molar-refractivity contribution < 1.29 is 19.0 Å². The van der Waals surface area contributed by atoms with Crippen LogP contribution in [0.1, 0.15) is 31.2 Å². The van der Waals surface area contributed by atoms with Gasteiger partial charge < -0.3 is 19.5 Å². The van der Waals surface area contributed by atoms with Gasteiger partial charge >= 0.3 is 0 Å². The van der Waals surface area contributed by atoms with Crippen LogP contribution in [-0.2, 0) is 14.3 Å².